The van der Waals surface area contributed by atoms with E-state index in [9.17, 15) is 0 Å². The molecule has 1 nitrogen and oxygen atoms in total. The fraction of sp³-hybridized carbons (Fsp3) is 0.250. The minimum absolute atomic E-state index is 0.321. The van der Waals surface area contributed by atoms with Crippen molar-refractivity contribution in [3.63, 3.8) is 0 Å². The number of hydrogen-bond acceptors (Lipinski definition) is 1. The zero-order valence-corrected chi connectivity index (χ0v) is 13.2. The van der Waals surface area contributed by atoms with Crippen LogP contribution in [-0.4, -0.2) is 0 Å². The smallest absolute Gasteiger partial charge is 0.0485 e. The number of rotatable bonds is 3. The van der Waals surface area contributed by atoms with Gasteiger partial charge < -0.3 is 5.32 Å². The standard InChI is InChI=1S/C16H18IN/c1-11-5-4-6-14(9-11)13(3)18-16-10-15(17)8-7-12(16)2/h4-10,13,18H,1-3H3. The number of nitrogens with one attached hydrogen (secondary N) is 1. The molecule has 0 aliphatic heterocycles. The lowest BCUT2D eigenvalue weighted by atomic mass is 10.0. The van der Waals surface area contributed by atoms with Crippen molar-refractivity contribution in [1.82, 2.24) is 0 Å². The normalized spacial score (nSPS) is 12.2. The highest BCUT2D eigenvalue weighted by Gasteiger charge is 2.07. The van der Waals surface area contributed by atoms with E-state index in [1.807, 2.05) is 0 Å². The molecule has 0 amide bonds. The van der Waals surface area contributed by atoms with Crippen molar-refractivity contribution in [2.45, 2.75) is 26.8 Å². The summed E-state index contributed by atoms with van der Waals surface area (Å²) < 4.78 is 1.26. The van der Waals surface area contributed by atoms with E-state index in [1.165, 1.54) is 25.9 Å². The summed E-state index contributed by atoms with van der Waals surface area (Å²) in [7, 11) is 0. The Morgan fingerprint density at radius 1 is 1.06 bits per heavy atom. The highest BCUT2D eigenvalue weighted by molar-refractivity contribution is 14.1. The second-order valence-corrected chi connectivity index (χ2v) is 5.99. The third-order valence-electron chi connectivity index (χ3n) is 3.11. The van der Waals surface area contributed by atoms with Crippen molar-refractivity contribution in [1.29, 1.82) is 0 Å². The zero-order chi connectivity index (χ0) is 13.1. The van der Waals surface area contributed by atoms with Crippen LogP contribution in [0, 0.1) is 17.4 Å². The highest BCUT2D eigenvalue weighted by atomic mass is 127. The van der Waals surface area contributed by atoms with Crippen molar-refractivity contribution in [2.75, 3.05) is 5.32 Å². The van der Waals surface area contributed by atoms with Crippen molar-refractivity contribution in [3.8, 4) is 0 Å². The molecule has 18 heavy (non-hydrogen) atoms. The van der Waals surface area contributed by atoms with Crippen LogP contribution in [-0.2, 0) is 0 Å². The first-order chi connectivity index (χ1) is 8.56. The first kappa shape index (κ1) is 13.4. The molecule has 0 radical (unpaired) electrons. The van der Waals surface area contributed by atoms with Crippen molar-refractivity contribution in [3.05, 3.63) is 62.7 Å². The maximum atomic E-state index is 3.59. The minimum atomic E-state index is 0.321. The minimum Gasteiger partial charge on any atom is -0.378 e. The maximum Gasteiger partial charge on any atom is 0.0485 e. The summed E-state index contributed by atoms with van der Waals surface area (Å²) in [5.74, 6) is 0. The van der Waals surface area contributed by atoms with Gasteiger partial charge in [-0.05, 0) is 66.6 Å². The average molecular weight is 351 g/mol. The third kappa shape index (κ3) is 3.25. The number of hydrogen-bond donors (Lipinski definition) is 1. The van der Waals surface area contributed by atoms with Gasteiger partial charge in [-0.25, -0.2) is 0 Å². The highest BCUT2D eigenvalue weighted by Crippen LogP contribution is 2.24. The van der Waals surface area contributed by atoms with Gasteiger partial charge in [0.15, 0.2) is 0 Å². The average Bonchev–Trinajstić information content (AvgIpc) is 2.34. The van der Waals surface area contributed by atoms with E-state index in [1.54, 1.807) is 0 Å². The van der Waals surface area contributed by atoms with E-state index in [0.717, 1.165) is 0 Å². The lowest BCUT2D eigenvalue weighted by molar-refractivity contribution is 0.880. The fourth-order valence-corrected chi connectivity index (χ4v) is 2.50. The molecule has 2 rings (SSSR count). The van der Waals surface area contributed by atoms with E-state index in [2.05, 4.69) is 91.1 Å². The summed E-state index contributed by atoms with van der Waals surface area (Å²) >= 11 is 2.35. The molecule has 0 fully saturated rings. The molecule has 1 atom stereocenters. The van der Waals surface area contributed by atoms with Gasteiger partial charge in [0.1, 0.15) is 0 Å². The van der Waals surface area contributed by atoms with Gasteiger partial charge in [-0.2, -0.15) is 0 Å². The van der Waals surface area contributed by atoms with E-state index >= 15 is 0 Å². The van der Waals surface area contributed by atoms with Crippen LogP contribution in [0.5, 0.6) is 0 Å². The zero-order valence-electron chi connectivity index (χ0n) is 11.0. The number of aryl methyl sites for hydroxylation is 2. The predicted molar refractivity (Wildman–Crippen MR) is 87.1 cm³/mol. The molecule has 0 aliphatic rings. The van der Waals surface area contributed by atoms with Crippen LogP contribution in [0.3, 0.4) is 0 Å². The molecule has 2 aromatic rings. The summed E-state index contributed by atoms with van der Waals surface area (Å²) in [6, 6.07) is 15.5. The summed E-state index contributed by atoms with van der Waals surface area (Å²) in [4.78, 5) is 0. The molecular formula is C16H18IN. The van der Waals surface area contributed by atoms with Gasteiger partial charge in [0.05, 0.1) is 0 Å². The van der Waals surface area contributed by atoms with E-state index in [4.69, 9.17) is 0 Å². The largest absolute Gasteiger partial charge is 0.378 e. The third-order valence-corrected chi connectivity index (χ3v) is 3.78. The Balaban J connectivity index is 2.21. The van der Waals surface area contributed by atoms with Gasteiger partial charge in [-0.1, -0.05) is 35.9 Å². The topological polar surface area (TPSA) is 12.0 Å². The Kier molecular flexibility index (Phi) is 4.27. The number of halogens is 1. The molecule has 94 valence electrons. The quantitative estimate of drug-likeness (QED) is 0.761. The van der Waals surface area contributed by atoms with Crippen molar-refractivity contribution < 1.29 is 0 Å². The Morgan fingerprint density at radius 2 is 1.83 bits per heavy atom. The SMILES string of the molecule is Cc1cccc(C(C)Nc2cc(I)ccc2C)c1. The molecular weight excluding hydrogens is 333 g/mol. The molecule has 0 saturated carbocycles. The molecule has 0 aliphatic carbocycles. The maximum absolute atomic E-state index is 3.59. The Labute approximate surface area is 123 Å². The lowest BCUT2D eigenvalue weighted by Crippen LogP contribution is -2.08. The van der Waals surface area contributed by atoms with E-state index in [0.29, 0.717) is 6.04 Å². The van der Waals surface area contributed by atoms with Gasteiger partial charge in [0.25, 0.3) is 0 Å². The molecule has 2 aromatic carbocycles. The molecule has 0 spiro atoms. The van der Waals surface area contributed by atoms with Crippen LogP contribution < -0.4 is 5.32 Å². The second-order valence-electron chi connectivity index (χ2n) is 4.74. The van der Waals surface area contributed by atoms with E-state index in [-0.39, 0.29) is 0 Å². The Morgan fingerprint density at radius 3 is 2.56 bits per heavy atom. The molecule has 1 N–H and O–H groups in total. The van der Waals surface area contributed by atoms with Crippen LogP contribution in [0.2, 0.25) is 0 Å². The van der Waals surface area contributed by atoms with E-state index < -0.39 is 0 Å². The van der Waals surface area contributed by atoms with Crippen LogP contribution in [0.25, 0.3) is 0 Å². The van der Waals surface area contributed by atoms with Crippen LogP contribution in [0.15, 0.2) is 42.5 Å². The number of benzene rings is 2. The Hall–Kier alpha value is -1.03. The van der Waals surface area contributed by atoms with Crippen LogP contribution in [0.1, 0.15) is 29.7 Å². The molecule has 0 aromatic heterocycles. The monoisotopic (exact) mass is 351 g/mol. The lowest BCUT2D eigenvalue weighted by Gasteiger charge is -2.18. The molecule has 2 heteroatoms. The van der Waals surface area contributed by atoms with Gasteiger partial charge in [0, 0.05) is 15.3 Å². The molecule has 0 heterocycles. The first-order valence-corrected chi connectivity index (χ1v) is 7.23. The molecule has 0 saturated heterocycles. The molecule has 1 unspecified atom stereocenters. The fourth-order valence-electron chi connectivity index (χ4n) is 2.01. The summed E-state index contributed by atoms with van der Waals surface area (Å²) in [5, 5.41) is 3.59. The van der Waals surface area contributed by atoms with Gasteiger partial charge in [-0.3, -0.25) is 0 Å². The summed E-state index contributed by atoms with van der Waals surface area (Å²) in [6.45, 7) is 6.47. The van der Waals surface area contributed by atoms with Crippen LogP contribution in [0.4, 0.5) is 5.69 Å². The Bertz CT molecular complexity index is 549. The van der Waals surface area contributed by atoms with Crippen molar-refractivity contribution in [2.24, 2.45) is 0 Å². The van der Waals surface area contributed by atoms with Gasteiger partial charge in [0.2, 0.25) is 0 Å². The number of anilines is 1. The molecule has 0 bridgehead atoms. The summed E-state index contributed by atoms with van der Waals surface area (Å²) in [6.07, 6.45) is 0. The summed E-state index contributed by atoms with van der Waals surface area (Å²) in [5.41, 5.74) is 5.14. The first-order valence-electron chi connectivity index (χ1n) is 6.15. The van der Waals surface area contributed by atoms with Crippen LogP contribution >= 0.6 is 22.6 Å². The van der Waals surface area contributed by atoms with Crippen molar-refractivity contribution >= 4 is 28.3 Å². The second kappa shape index (κ2) is 5.74. The predicted octanol–water partition coefficient (Wildman–Crippen LogP) is 5.08. The van der Waals surface area contributed by atoms with Gasteiger partial charge in [-0.15, -0.1) is 0 Å². The van der Waals surface area contributed by atoms with Gasteiger partial charge >= 0.3 is 0 Å².